The van der Waals surface area contributed by atoms with Gasteiger partial charge in [-0.15, -0.1) is 0 Å². The number of benzene rings is 2. The zero-order valence-corrected chi connectivity index (χ0v) is 16.5. The van der Waals surface area contributed by atoms with Gasteiger partial charge in [0.15, 0.2) is 0 Å². The Morgan fingerprint density at radius 3 is 2.37 bits per heavy atom. The maximum atomic E-state index is 13.5. The van der Waals surface area contributed by atoms with Crippen LogP contribution in [0.2, 0.25) is 0 Å². The summed E-state index contributed by atoms with van der Waals surface area (Å²) in [7, 11) is -3.76. The number of rotatable bonds is 8. The van der Waals surface area contributed by atoms with Gasteiger partial charge in [-0.2, -0.15) is 0 Å². The van der Waals surface area contributed by atoms with Gasteiger partial charge >= 0.3 is 0 Å². The molecule has 2 rings (SSSR count). The summed E-state index contributed by atoms with van der Waals surface area (Å²) in [6.45, 7) is 3.37. The normalized spacial score (nSPS) is 13.6. The van der Waals surface area contributed by atoms with E-state index in [4.69, 9.17) is 0 Å². The number of halogens is 1. The number of carbonyl (C=O) groups is 1. The predicted octanol–water partition coefficient (Wildman–Crippen LogP) is 3.12. The van der Waals surface area contributed by atoms with Crippen molar-refractivity contribution in [3.63, 3.8) is 0 Å². The van der Waals surface area contributed by atoms with Crippen LogP contribution in [0, 0.1) is 5.82 Å². The van der Waals surface area contributed by atoms with Crippen molar-refractivity contribution < 1.29 is 17.6 Å². The van der Waals surface area contributed by atoms with E-state index in [9.17, 15) is 17.6 Å². The van der Waals surface area contributed by atoms with Crippen molar-refractivity contribution in [1.29, 1.82) is 0 Å². The van der Waals surface area contributed by atoms with Crippen molar-refractivity contribution >= 4 is 21.6 Å². The summed E-state index contributed by atoms with van der Waals surface area (Å²) < 4.78 is 38.9. The first-order valence-electron chi connectivity index (χ1n) is 8.77. The molecule has 0 heterocycles. The lowest BCUT2D eigenvalue weighted by molar-refractivity contribution is -0.122. The lowest BCUT2D eigenvalue weighted by Gasteiger charge is -2.29. The first kappa shape index (κ1) is 20.9. The third kappa shape index (κ3) is 6.06. The molecule has 2 unspecified atom stereocenters. The van der Waals surface area contributed by atoms with Crippen molar-refractivity contribution in [1.82, 2.24) is 5.32 Å². The van der Waals surface area contributed by atoms with Gasteiger partial charge in [-0.3, -0.25) is 9.10 Å². The van der Waals surface area contributed by atoms with E-state index >= 15 is 0 Å². The molecule has 0 spiro atoms. The van der Waals surface area contributed by atoms with Gasteiger partial charge in [-0.1, -0.05) is 36.4 Å². The van der Waals surface area contributed by atoms with Crippen molar-refractivity contribution in [3.05, 3.63) is 66.0 Å². The maximum Gasteiger partial charge on any atom is 0.243 e. The van der Waals surface area contributed by atoms with Gasteiger partial charge in [0.1, 0.15) is 11.9 Å². The fraction of sp³-hybridized carbons (Fsp3) is 0.350. The van der Waals surface area contributed by atoms with Crippen LogP contribution in [0.4, 0.5) is 10.1 Å². The van der Waals surface area contributed by atoms with Gasteiger partial charge in [0, 0.05) is 6.04 Å². The fourth-order valence-corrected chi connectivity index (χ4v) is 4.05. The minimum absolute atomic E-state index is 0.122. The molecule has 0 aromatic heterocycles. The summed E-state index contributed by atoms with van der Waals surface area (Å²) in [6, 6.07) is 14.0. The van der Waals surface area contributed by atoms with Gasteiger partial charge in [0.25, 0.3) is 0 Å². The molecule has 0 saturated carbocycles. The Balaban J connectivity index is 2.06. The van der Waals surface area contributed by atoms with Crippen LogP contribution in [0.15, 0.2) is 54.6 Å². The molecule has 0 aliphatic rings. The van der Waals surface area contributed by atoms with E-state index in [0.29, 0.717) is 0 Å². The van der Waals surface area contributed by atoms with Crippen LogP contribution >= 0.6 is 0 Å². The Bertz CT molecular complexity index is 872. The second-order valence-electron chi connectivity index (χ2n) is 6.65. The highest BCUT2D eigenvalue weighted by atomic mass is 32.2. The summed E-state index contributed by atoms with van der Waals surface area (Å²) in [5.74, 6) is -0.991. The zero-order valence-electron chi connectivity index (χ0n) is 15.7. The largest absolute Gasteiger partial charge is 0.352 e. The molecule has 2 atom stereocenters. The molecule has 27 heavy (non-hydrogen) atoms. The van der Waals surface area contributed by atoms with Gasteiger partial charge in [-0.25, -0.2) is 12.8 Å². The van der Waals surface area contributed by atoms with Crippen LogP contribution in [-0.2, 0) is 21.2 Å². The van der Waals surface area contributed by atoms with Crippen molar-refractivity contribution in [3.8, 4) is 0 Å². The minimum atomic E-state index is -3.76. The molecule has 0 saturated heterocycles. The summed E-state index contributed by atoms with van der Waals surface area (Å²) in [6.07, 6.45) is 2.53. The number of hydrogen-bond donors (Lipinski definition) is 1. The molecule has 146 valence electrons. The van der Waals surface area contributed by atoms with Crippen molar-refractivity contribution in [2.24, 2.45) is 0 Å². The summed E-state index contributed by atoms with van der Waals surface area (Å²) in [5.41, 5.74) is 1.29. The molecule has 1 amide bonds. The molecular weight excluding hydrogens is 367 g/mol. The van der Waals surface area contributed by atoms with E-state index in [2.05, 4.69) is 5.32 Å². The van der Waals surface area contributed by atoms with Crippen LogP contribution in [0.1, 0.15) is 25.8 Å². The Hall–Kier alpha value is -2.41. The smallest absolute Gasteiger partial charge is 0.243 e. The Labute approximate surface area is 160 Å². The lowest BCUT2D eigenvalue weighted by atomic mass is 10.1. The third-order valence-electron chi connectivity index (χ3n) is 4.25. The van der Waals surface area contributed by atoms with E-state index in [0.717, 1.165) is 29.5 Å². The zero-order chi connectivity index (χ0) is 20.0. The Morgan fingerprint density at radius 1 is 1.11 bits per heavy atom. The predicted molar refractivity (Wildman–Crippen MR) is 106 cm³/mol. The molecule has 0 aliphatic carbocycles. The average molecular weight is 392 g/mol. The number of sulfonamides is 1. The van der Waals surface area contributed by atoms with E-state index in [1.54, 1.807) is 0 Å². The van der Waals surface area contributed by atoms with Gasteiger partial charge in [0.05, 0.1) is 11.9 Å². The number of nitrogens with one attached hydrogen (secondary N) is 1. The molecule has 1 N–H and O–H groups in total. The average Bonchev–Trinajstić information content (AvgIpc) is 2.60. The fourth-order valence-electron chi connectivity index (χ4n) is 2.89. The Kier molecular flexibility index (Phi) is 6.96. The van der Waals surface area contributed by atoms with E-state index in [1.807, 2.05) is 37.3 Å². The molecule has 2 aromatic rings. The Morgan fingerprint density at radius 2 is 1.78 bits per heavy atom. The number of anilines is 1. The van der Waals surface area contributed by atoms with Crippen LogP contribution in [0.5, 0.6) is 0 Å². The maximum absolute atomic E-state index is 13.5. The standard InChI is InChI=1S/C20H25FN2O3S/c1-15(12-13-17-8-5-4-6-9-17)22-20(24)16(2)23(27(3,25)26)19-11-7-10-18(21)14-19/h4-11,14-16H,12-13H2,1-3H3,(H,22,24). The van der Waals surface area contributed by atoms with Gasteiger partial charge < -0.3 is 5.32 Å². The molecular formula is C20H25FN2O3S. The number of hydrogen-bond acceptors (Lipinski definition) is 3. The topological polar surface area (TPSA) is 66.5 Å². The number of aryl methyl sites for hydroxylation is 1. The lowest BCUT2D eigenvalue weighted by Crippen LogP contribution is -2.50. The summed E-state index contributed by atoms with van der Waals surface area (Å²) in [5, 5.41) is 2.85. The van der Waals surface area contributed by atoms with Crippen LogP contribution in [-0.4, -0.2) is 32.7 Å². The minimum Gasteiger partial charge on any atom is -0.352 e. The molecule has 0 fully saturated rings. The van der Waals surface area contributed by atoms with Gasteiger partial charge in [-0.05, 0) is 50.5 Å². The van der Waals surface area contributed by atoms with Crippen molar-refractivity contribution in [2.45, 2.75) is 38.8 Å². The number of carbonyl (C=O) groups excluding carboxylic acids is 1. The monoisotopic (exact) mass is 392 g/mol. The summed E-state index contributed by atoms with van der Waals surface area (Å²) in [4.78, 5) is 12.6. The summed E-state index contributed by atoms with van der Waals surface area (Å²) >= 11 is 0. The second kappa shape index (κ2) is 8.99. The van der Waals surface area contributed by atoms with E-state index in [-0.39, 0.29) is 11.7 Å². The molecule has 7 heteroatoms. The molecule has 5 nitrogen and oxygen atoms in total. The van der Waals surface area contributed by atoms with E-state index < -0.39 is 27.8 Å². The molecule has 2 aromatic carbocycles. The first-order chi connectivity index (χ1) is 12.7. The first-order valence-corrected chi connectivity index (χ1v) is 10.6. The highest BCUT2D eigenvalue weighted by Gasteiger charge is 2.29. The number of amides is 1. The highest BCUT2D eigenvalue weighted by Crippen LogP contribution is 2.21. The van der Waals surface area contributed by atoms with Crippen LogP contribution in [0.25, 0.3) is 0 Å². The van der Waals surface area contributed by atoms with Crippen LogP contribution < -0.4 is 9.62 Å². The van der Waals surface area contributed by atoms with Crippen LogP contribution in [0.3, 0.4) is 0 Å². The van der Waals surface area contributed by atoms with E-state index in [1.165, 1.54) is 30.7 Å². The second-order valence-corrected chi connectivity index (χ2v) is 8.51. The highest BCUT2D eigenvalue weighted by molar-refractivity contribution is 7.92. The number of nitrogens with zero attached hydrogens (tertiary/aromatic N) is 1. The third-order valence-corrected chi connectivity index (χ3v) is 5.49. The molecule has 0 bridgehead atoms. The van der Waals surface area contributed by atoms with Gasteiger partial charge in [0.2, 0.25) is 15.9 Å². The molecule has 0 aliphatic heterocycles. The van der Waals surface area contributed by atoms with Crippen molar-refractivity contribution in [2.75, 3.05) is 10.6 Å². The quantitative estimate of drug-likeness (QED) is 0.751. The molecule has 0 radical (unpaired) electrons. The SMILES string of the molecule is CC(CCc1ccccc1)NC(=O)C(C)N(c1cccc(F)c1)S(C)(=O)=O.